The minimum absolute atomic E-state index is 0.0212. The number of carbonyl (C=O) groups excluding carboxylic acids is 3. The molecule has 0 radical (unpaired) electrons. The van der Waals surface area contributed by atoms with Gasteiger partial charge in [0.05, 0.1) is 6.54 Å². The van der Waals surface area contributed by atoms with Gasteiger partial charge in [0, 0.05) is 55.9 Å². The molecule has 2 aromatic carbocycles. The highest BCUT2D eigenvalue weighted by Crippen LogP contribution is 2.16. The molecule has 3 amide bonds. The lowest BCUT2D eigenvalue weighted by molar-refractivity contribution is -0.114. The Morgan fingerprint density at radius 1 is 0.969 bits per heavy atom. The number of nitrogens with zero attached hydrogens (tertiary/aromatic N) is 1. The van der Waals surface area contributed by atoms with Gasteiger partial charge in [0.25, 0.3) is 11.8 Å². The van der Waals surface area contributed by atoms with Crippen molar-refractivity contribution in [2.24, 2.45) is 0 Å². The maximum absolute atomic E-state index is 12.5. The minimum Gasteiger partial charge on any atom is -0.385 e. The second-order valence-corrected chi connectivity index (χ2v) is 7.66. The molecule has 0 atom stereocenters. The Labute approximate surface area is 188 Å². The average molecular weight is 439 g/mol. The summed E-state index contributed by atoms with van der Waals surface area (Å²) >= 11 is 0. The number of hydrogen-bond donors (Lipinski definition) is 3. The van der Waals surface area contributed by atoms with Crippen LogP contribution in [0.4, 0.5) is 11.4 Å². The van der Waals surface area contributed by atoms with E-state index in [4.69, 9.17) is 4.74 Å². The first kappa shape index (κ1) is 23.3. The van der Waals surface area contributed by atoms with Crippen LogP contribution in [0.3, 0.4) is 0 Å². The van der Waals surface area contributed by atoms with Gasteiger partial charge < -0.3 is 25.6 Å². The van der Waals surface area contributed by atoms with Crippen molar-refractivity contribution in [1.29, 1.82) is 0 Å². The summed E-state index contributed by atoms with van der Waals surface area (Å²) in [7, 11) is 1.62. The molecule has 1 saturated heterocycles. The number of hydrogen-bond acceptors (Lipinski definition) is 5. The van der Waals surface area contributed by atoms with Crippen LogP contribution in [0, 0.1) is 0 Å². The molecule has 1 aliphatic rings. The van der Waals surface area contributed by atoms with Crippen LogP contribution in [-0.4, -0.2) is 62.5 Å². The zero-order valence-corrected chi connectivity index (χ0v) is 18.4. The summed E-state index contributed by atoms with van der Waals surface area (Å²) in [6.07, 6.45) is 2.82. The smallest absolute Gasteiger partial charge is 0.253 e. The molecular formula is C24H30N4O4. The van der Waals surface area contributed by atoms with Crippen LogP contribution in [-0.2, 0) is 9.53 Å². The highest BCUT2D eigenvalue weighted by Gasteiger charge is 2.19. The Bertz CT molecular complexity index is 941. The van der Waals surface area contributed by atoms with Crippen LogP contribution in [0.5, 0.6) is 0 Å². The normalized spacial score (nSPS) is 13.0. The van der Waals surface area contributed by atoms with Gasteiger partial charge in [0.2, 0.25) is 5.91 Å². The van der Waals surface area contributed by atoms with Crippen molar-refractivity contribution >= 4 is 29.1 Å². The molecule has 0 aromatic heterocycles. The van der Waals surface area contributed by atoms with Gasteiger partial charge in [-0.2, -0.15) is 0 Å². The molecule has 8 heteroatoms. The zero-order chi connectivity index (χ0) is 22.8. The lowest BCUT2D eigenvalue weighted by Crippen LogP contribution is -2.27. The predicted octanol–water partition coefficient (Wildman–Crippen LogP) is 2.74. The van der Waals surface area contributed by atoms with Crippen LogP contribution < -0.4 is 16.0 Å². The number of likely N-dealkylation sites (tertiary alicyclic amines) is 1. The van der Waals surface area contributed by atoms with E-state index in [1.807, 2.05) is 11.0 Å². The number of carbonyl (C=O) groups is 3. The summed E-state index contributed by atoms with van der Waals surface area (Å²) in [6, 6.07) is 14.0. The molecule has 1 aliphatic heterocycles. The summed E-state index contributed by atoms with van der Waals surface area (Å²) < 4.78 is 4.96. The molecule has 0 unspecified atom stereocenters. The third-order valence-corrected chi connectivity index (χ3v) is 5.18. The third kappa shape index (κ3) is 6.81. The first-order chi connectivity index (χ1) is 15.6. The van der Waals surface area contributed by atoms with Crippen LogP contribution in [0.1, 0.15) is 40.0 Å². The first-order valence-electron chi connectivity index (χ1n) is 10.9. The molecule has 0 saturated carbocycles. The number of amides is 3. The molecule has 8 nitrogen and oxygen atoms in total. The fraction of sp³-hybridized carbons (Fsp3) is 0.375. The van der Waals surface area contributed by atoms with Crippen molar-refractivity contribution in [3.05, 3.63) is 59.7 Å². The summed E-state index contributed by atoms with van der Waals surface area (Å²) in [5.41, 5.74) is 2.33. The first-order valence-corrected chi connectivity index (χ1v) is 10.9. The van der Waals surface area contributed by atoms with E-state index in [0.29, 0.717) is 35.7 Å². The van der Waals surface area contributed by atoms with Gasteiger partial charge in [0.15, 0.2) is 0 Å². The van der Waals surface area contributed by atoms with Gasteiger partial charge in [0.1, 0.15) is 0 Å². The largest absolute Gasteiger partial charge is 0.385 e. The van der Waals surface area contributed by atoms with Gasteiger partial charge in [-0.3, -0.25) is 14.4 Å². The summed E-state index contributed by atoms with van der Waals surface area (Å²) in [5.74, 6) is -0.429. The fourth-order valence-electron chi connectivity index (χ4n) is 3.51. The van der Waals surface area contributed by atoms with Crippen molar-refractivity contribution in [3.63, 3.8) is 0 Å². The number of nitrogens with one attached hydrogen (secondary N) is 3. The van der Waals surface area contributed by atoms with E-state index in [0.717, 1.165) is 32.4 Å². The SMILES string of the molecule is COCCCNC(=O)c1cccc(NC(=O)CNc2cccc(C(=O)N3CCCC3)c2)c1. The van der Waals surface area contributed by atoms with Crippen LogP contribution in [0.25, 0.3) is 0 Å². The molecule has 3 rings (SSSR count). The molecule has 0 aliphatic carbocycles. The highest BCUT2D eigenvalue weighted by molar-refractivity contribution is 5.98. The van der Waals surface area contributed by atoms with Crippen molar-refractivity contribution in [2.45, 2.75) is 19.3 Å². The molecule has 0 bridgehead atoms. The van der Waals surface area contributed by atoms with E-state index in [2.05, 4.69) is 16.0 Å². The van der Waals surface area contributed by atoms with Crippen LogP contribution in [0.15, 0.2) is 48.5 Å². The van der Waals surface area contributed by atoms with Crippen LogP contribution >= 0.6 is 0 Å². The Morgan fingerprint density at radius 3 is 2.41 bits per heavy atom. The average Bonchev–Trinajstić information content (AvgIpc) is 3.35. The molecule has 3 N–H and O–H groups in total. The standard InChI is InChI=1S/C24H30N4O4/c1-32-14-6-11-25-23(30)18-7-4-10-21(15-18)27-22(29)17-26-20-9-5-8-19(16-20)24(31)28-12-2-3-13-28/h4-5,7-10,15-16,26H,2-3,6,11-14,17H2,1H3,(H,25,30)(H,27,29). The van der Waals surface area contributed by atoms with Crippen LogP contribution in [0.2, 0.25) is 0 Å². The molecule has 2 aromatic rings. The van der Waals surface area contributed by atoms with E-state index in [-0.39, 0.29) is 24.3 Å². The van der Waals surface area contributed by atoms with E-state index < -0.39 is 0 Å². The maximum atomic E-state index is 12.5. The predicted molar refractivity (Wildman–Crippen MR) is 124 cm³/mol. The Kier molecular flexibility index (Phi) is 8.62. The lowest BCUT2D eigenvalue weighted by atomic mass is 10.1. The quantitative estimate of drug-likeness (QED) is 0.496. The molecule has 32 heavy (non-hydrogen) atoms. The van der Waals surface area contributed by atoms with Crippen molar-refractivity contribution < 1.29 is 19.1 Å². The summed E-state index contributed by atoms with van der Waals surface area (Å²) in [4.78, 5) is 39.0. The van der Waals surface area contributed by atoms with Gasteiger partial charge in [-0.15, -0.1) is 0 Å². The van der Waals surface area contributed by atoms with E-state index in [1.54, 1.807) is 49.6 Å². The fourth-order valence-corrected chi connectivity index (χ4v) is 3.51. The van der Waals surface area contributed by atoms with Gasteiger partial charge >= 0.3 is 0 Å². The maximum Gasteiger partial charge on any atom is 0.253 e. The number of ether oxygens (including phenoxy) is 1. The van der Waals surface area contributed by atoms with E-state index in [9.17, 15) is 14.4 Å². The molecule has 0 spiro atoms. The van der Waals surface area contributed by atoms with E-state index >= 15 is 0 Å². The third-order valence-electron chi connectivity index (χ3n) is 5.18. The number of methoxy groups -OCH3 is 1. The highest BCUT2D eigenvalue weighted by atomic mass is 16.5. The van der Waals surface area contributed by atoms with Gasteiger partial charge in [-0.1, -0.05) is 12.1 Å². The number of rotatable bonds is 10. The summed E-state index contributed by atoms with van der Waals surface area (Å²) in [5, 5.41) is 8.66. The lowest BCUT2D eigenvalue weighted by Gasteiger charge is -2.16. The molecule has 170 valence electrons. The Hall–Kier alpha value is -3.39. The Balaban J connectivity index is 1.50. The molecule has 1 fully saturated rings. The van der Waals surface area contributed by atoms with E-state index in [1.165, 1.54) is 0 Å². The molecule has 1 heterocycles. The zero-order valence-electron chi connectivity index (χ0n) is 18.4. The van der Waals surface area contributed by atoms with Gasteiger partial charge in [-0.05, 0) is 55.7 Å². The topological polar surface area (TPSA) is 99.8 Å². The second kappa shape index (κ2) is 11.9. The van der Waals surface area contributed by atoms with Crippen molar-refractivity contribution in [2.75, 3.05) is 50.5 Å². The van der Waals surface area contributed by atoms with Crippen molar-refractivity contribution in [1.82, 2.24) is 10.2 Å². The minimum atomic E-state index is -0.251. The van der Waals surface area contributed by atoms with Crippen molar-refractivity contribution in [3.8, 4) is 0 Å². The number of benzene rings is 2. The second-order valence-electron chi connectivity index (χ2n) is 7.66. The summed E-state index contributed by atoms with van der Waals surface area (Å²) in [6.45, 7) is 2.73. The monoisotopic (exact) mass is 438 g/mol. The Morgan fingerprint density at radius 2 is 1.66 bits per heavy atom. The van der Waals surface area contributed by atoms with Gasteiger partial charge in [-0.25, -0.2) is 0 Å². The number of anilines is 2. The molecular weight excluding hydrogens is 408 g/mol.